The van der Waals surface area contributed by atoms with E-state index in [0.717, 1.165) is 30.3 Å². The molecule has 0 spiro atoms. The second kappa shape index (κ2) is 8.24. The molecule has 176 valence electrons. The Bertz CT molecular complexity index is 1350. The number of fused-ring (bicyclic) bond motifs is 1. The number of hydrogen-bond acceptors (Lipinski definition) is 11. The predicted octanol–water partition coefficient (Wildman–Crippen LogP) is 1.77. The molecule has 1 aromatic heterocycles. The Balaban J connectivity index is 1.77. The van der Waals surface area contributed by atoms with Gasteiger partial charge in [0.25, 0.3) is 0 Å². The number of benzene rings is 2. The molecule has 0 radical (unpaired) electrons. The highest BCUT2D eigenvalue weighted by Crippen LogP contribution is 2.43. The molecule has 0 fully saturated rings. The van der Waals surface area contributed by atoms with Crippen LogP contribution in [0.25, 0.3) is 0 Å². The van der Waals surface area contributed by atoms with Gasteiger partial charge in [-0.3, -0.25) is 0 Å². The van der Waals surface area contributed by atoms with Crippen LogP contribution in [-0.4, -0.2) is 48.7 Å². The number of carboxylic acids is 1. The highest BCUT2D eigenvalue weighted by molar-refractivity contribution is 5.91. The van der Waals surface area contributed by atoms with Gasteiger partial charge in [0.2, 0.25) is 5.76 Å². The summed E-state index contributed by atoms with van der Waals surface area (Å²) in [6.07, 6.45) is -2.72. The third-order valence-electron chi connectivity index (χ3n) is 5.06. The van der Waals surface area contributed by atoms with Crippen LogP contribution >= 0.6 is 0 Å². The first-order valence-corrected chi connectivity index (χ1v) is 9.59. The van der Waals surface area contributed by atoms with Crippen LogP contribution in [0, 0.1) is 0 Å². The monoisotopic (exact) mass is 472 g/mol. The Kier molecular flexibility index (Phi) is 5.41. The number of aromatic hydroxyl groups is 5. The fourth-order valence-corrected chi connectivity index (χ4v) is 3.53. The third kappa shape index (κ3) is 4.11. The lowest BCUT2D eigenvalue weighted by Gasteiger charge is -2.33. The van der Waals surface area contributed by atoms with Crippen LogP contribution in [0.2, 0.25) is 0 Å². The maximum absolute atomic E-state index is 12.7. The summed E-state index contributed by atoms with van der Waals surface area (Å²) in [4.78, 5) is 36.0. The molecule has 0 aliphatic carbocycles. The summed E-state index contributed by atoms with van der Waals surface area (Å²) in [5.74, 6) is -6.42. The van der Waals surface area contributed by atoms with Crippen molar-refractivity contribution in [3.05, 3.63) is 69.3 Å². The van der Waals surface area contributed by atoms with Gasteiger partial charge in [-0.1, -0.05) is 0 Å². The van der Waals surface area contributed by atoms with Crippen LogP contribution in [0.1, 0.15) is 38.1 Å². The van der Waals surface area contributed by atoms with Crippen molar-refractivity contribution < 1.29 is 54.1 Å². The Hall–Kier alpha value is -4.87. The first kappa shape index (κ1) is 22.3. The summed E-state index contributed by atoms with van der Waals surface area (Å²) in [5.41, 5.74) is -1.23. The molecule has 3 aromatic rings. The number of carbonyl (C=O) groups excluding carboxylic acids is 1. The van der Waals surface area contributed by atoms with Crippen molar-refractivity contribution in [2.24, 2.45) is 0 Å². The normalized spacial score (nSPS) is 16.8. The number of hydrogen-bond donors (Lipinski definition) is 6. The fourth-order valence-electron chi connectivity index (χ4n) is 3.53. The van der Waals surface area contributed by atoms with E-state index in [2.05, 4.69) is 4.42 Å². The molecule has 0 amide bonds. The van der Waals surface area contributed by atoms with Crippen LogP contribution in [0.15, 0.2) is 45.6 Å². The van der Waals surface area contributed by atoms with E-state index in [-0.39, 0.29) is 40.4 Å². The van der Waals surface area contributed by atoms with Crippen molar-refractivity contribution in [2.45, 2.75) is 18.6 Å². The topological polar surface area (TPSA) is 204 Å². The largest absolute Gasteiger partial charge is 0.508 e. The quantitative estimate of drug-likeness (QED) is 0.237. The number of phenols is 5. The number of carboxylic acid groups (broad SMARTS) is 1. The molecular formula is C22H16O12. The van der Waals surface area contributed by atoms with Gasteiger partial charge in [0.15, 0.2) is 23.4 Å². The van der Waals surface area contributed by atoms with Crippen molar-refractivity contribution >= 4 is 11.9 Å². The minimum Gasteiger partial charge on any atom is -0.508 e. The second-order valence-corrected chi connectivity index (χ2v) is 7.37. The minimum atomic E-state index is -1.53. The Morgan fingerprint density at radius 1 is 0.912 bits per heavy atom. The van der Waals surface area contributed by atoms with Crippen LogP contribution in [-0.2, 0) is 11.2 Å². The Morgan fingerprint density at radius 2 is 1.59 bits per heavy atom. The van der Waals surface area contributed by atoms with Crippen molar-refractivity contribution in [1.29, 1.82) is 0 Å². The van der Waals surface area contributed by atoms with E-state index in [1.165, 1.54) is 6.07 Å². The van der Waals surface area contributed by atoms with E-state index in [1.807, 2.05) is 0 Å². The van der Waals surface area contributed by atoms with Crippen LogP contribution in [0.3, 0.4) is 0 Å². The molecule has 0 saturated carbocycles. The smallest absolute Gasteiger partial charge is 0.371 e. The molecule has 34 heavy (non-hydrogen) atoms. The molecule has 1 aliphatic heterocycles. The maximum atomic E-state index is 12.7. The highest BCUT2D eigenvalue weighted by Gasteiger charge is 2.37. The van der Waals surface area contributed by atoms with Crippen molar-refractivity contribution in [3.63, 3.8) is 0 Å². The van der Waals surface area contributed by atoms with Crippen LogP contribution in [0.4, 0.5) is 0 Å². The van der Waals surface area contributed by atoms with E-state index in [1.54, 1.807) is 0 Å². The predicted molar refractivity (Wildman–Crippen MR) is 109 cm³/mol. The van der Waals surface area contributed by atoms with Gasteiger partial charge < -0.3 is 44.5 Å². The summed E-state index contributed by atoms with van der Waals surface area (Å²) in [6.45, 7) is 0. The van der Waals surface area contributed by atoms with Crippen molar-refractivity contribution in [3.8, 4) is 34.5 Å². The van der Waals surface area contributed by atoms with Gasteiger partial charge in [-0.05, 0) is 18.2 Å². The summed E-state index contributed by atoms with van der Waals surface area (Å²) < 4.78 is 15.9. The van der Waals surface area contributed by atoms with Gasteiger partial charge >= 0.3 is 17.6 Å². The van der Waals surface area contributed by atoms with Crippen LogP contribution in [0.5, 0.6) is 34.5 Å². The molecule has 6 N–H and O–H groups in total. The van der Waals surface area contributed by atoms with Gasteiger partial charge in [0.05, 0.1) is 5.56 Å². The lowest BCUT2D eigenvalue weighted by Crippen LogP contribution is -2.35. The first-order valence-electron chi connectivity index (χ1n) is 9.59. The number of esters is 1. The zero-order valence-corrected chi connectivity index (χ0v) is 17.0. The van der Waals surface area contributed by atoms with E-state index < -0.39 is 52.8 Å². The maximum Gasteiger partial charge on any atom is 0.371 e. The molecule has 2 aromatic carbocycles. The Morgan fingerprint density at radius 3 is 2.24 bits per heavy atom. The number of phenolic OH excluding ortho intramolecular Hbond substituents is 5. The summed E-state index contributed by atoms with van der Waals surface area (Å²) in [7, 11) is 0. The number of aromatic carboxylic acids is 1. The molecule has 0 unspecified atom stereocenters. The molecular weight excluding hydrogens is 456 g/mol. The standard InChI is InChI=1S/C22H16O12/c23-10-5-12(24)11-7-16(34-22(31)9-1-13(25)19(28)14(26)2-9)20(33-15(11)6-10)8-3-17(21(29)30)32-18(27)4-8/h1-6,16,20,23-26,28H,7H2,(H,29,30)/t16-,20-/m1/s1. The summed E-state index contributed by atoms with van der Waals surface area (Å²) in [6, 6.07) is 5.85. The van der Waals surface area contributed by atoms with E-state index in [0.29, 0.717) is 0 Å². The number of ether oxygens (including phenoxy) is 2. The van der Waals surface area contributed by atoms with Gasteiger partial charge in [-0.25, -0.2) is 14.4 Å². The Labute approximate surface area is 189 Å². The van der Waals surface area contributed by atoms with Gasteiger partial charge in [-0.15, -0.1) is 0 Å². The first-order chi connectivity index (χ1) is 16.0. The van der Waals surface area contributed by atoms with Crippen molar-refractivity contribution in [2.75, 3.05) is 0 Å². The van der Waals surface area contributed by atoms with E-state index >= 15 is 0 Å². The van der Waals surface area contributed by atoms with Crippen LogP contribution < -0.4 is 10.4 Å². The SMILES string of the molecule is O=C(O[C@@H]1Cc2c(O)cc(O)cc2O[C@@H]1c1cc(C(=O)O)oc(=O)c1)c1cc(O)c(O)c(O)c1. The molecule has 0 bridgehead atoms. The molecule has 12 heteroatoms. The van der Waals surface area contributed by atoms with Crippen molar-refractivity contribution in [1.82, 2.24) is 0 Å². The van der Waals surface area contributed by atoms with Gasteiger partial charge in [-0.2, -0.15) is 0 Å². The number of carbonyl (C=O) groups is 2. The molecule has 1 aliphatic rings. The van der Waals surface area contributed by atoms with Gasteiger partial charge in [0.1, 0.15) is 23.4 Å². The van der Waals surface area contributed by atoms with E-state index in [9.17, 15) is 45.0 Å². The molecule has 12 nitrogen and oxygen atoms in total. The average molecular weight is 472 g/mol. The van der Waals surface area contributed by atoms with Gasteiger partial charge in [0, 0.05) is 35.7 Å². The highest BCUT2D eigenvalue weighted by atomic mass is 16.6. The summed E-state index contributed by atoms with van der Waals surface area (Å²) >= 11 is 0. The zero-order valence-electron chi connectivity index (χ0n) is 17.0. The molecule has 4 rings (SSSR count). The summed E-state index contributed by atoms with van der Waals surface area (Å²) in [5, 5.41) is 58.0. The minimum absolute atomic E-state index is 0.000151. The fraction of sp³-hybridized carbons (Fsp3) is 0.136. The van der Waals surface area contributed by atoms with E-state index in [4.69, 9.17) is 9.47 Å². The third-order valence-corrected chi connectivity index (χ3v) is 5.06. The lowest BCUT2D eigenvalue weighted by molar-refractivity contribution is -0.0190. The number of rotatable bonds is 4. The average Bonchev–Trinajstić information content (AvgIpc) is 2.76. The molecule has 2 heterocycles. The molecule has 2 atom stereocenters. The molecule has 0 saturated heterocycles. The zero-order chi connectivity index (χ0) is 24.7. The second-order valence-electron chi connectivity index (χ2n) is 7.37. The lowest BCUT2D eigenvalue weighted by atomic mass is 9.94.